The highest BCUT2D eigenvalue weighted by molar-refractivity contribution is 6.16. The summed E-state index contributed by atoms with van der Waals surface area (Å²) in [4.78, 5) is 38.9. The number of ketones is 1. The van der Waals surface area contributed by atoms with Crippen molar-refractivity contribution >= 4 is 34.4 Å². The number of H-pyrrole nitrogens is 1. The number of carbonyl (C=O) groups excluding carboxylic acids is 2. The quantitative estimate of drug-likeness (QED) is 0.288. The number of rotatable bonds is 7. The van der Waals surface area contributed by atoms with Gasteiger partial charge in [0.2, 0.25) is 0 Å². The molecular weight excluding hydrogens is 472 g/mol. The molecule has 1 saturated carbocycles. The summed E-state index contributed by atoms with van der Waals surface area (Å²) < 4.78 is 3.58. The Bertz CT molecular complexity index is 1610. The van der Waals surface area contributed by atoms with Crippen LogP contribution in [0.4, 0.5) is 16.3 Å². The number of fused-ring (bicyclic) bond motifs is 1. The first kappa shape index (κ1) is 22.6. The maximum Gasteiger partial charge on any atom is 0.324 e. The van der Waals surface area contributed by atoms with Gasteiger partial charge in [-0.25, -0.2) is 19.4 Å². The van der Waals surface area contributed by atoms with Crippen LogP contribution in [0.3, 0.4) is 0 Å². The molecule has 0 aromatic carbocycles. The van der Waals surface area contributed by atoms with E-state index in [4.69, 9.17) is 0 Å². The van der Waals surface area contributed by atoms with Crippen LogP contribution in [-0.4, -0.2) is 51.3 Å². The van der Waals surface area contributed by atoms with Gasteiger partial charge in [0, 0.05) is 53.8 Å². The van der Waals surface area contributed by atoms with Gasteiger partial charge in [0.15, 0.2) is 5.78 Å². The Morgan fingerprint density at radius 3 is 2.70 bits per heavy atom. The van der Waals surface area contributed by atoms with E-state index in [1.807, 2.05) is 24.5 Å². The van der Waals surface area contributed by atoms with Gasteiger partial charge in [-0.3, -0.25) is 20.2 Å². The van der Waals surface area contributed by atoms with Crippen LogP contribution in [0.15, 0.2) is 55.6 Å². The molecule has 5 aromatic heterocycles. The van der Waals surface area contributed by atoms with Crippen molar-refractivity contribution in [3.05, 3.63) is 72.5 Å². The first-order valence-electron chi connectivity index (χ1n) is 12.0. The molecule has 5 heterocycles. The second kappa shape index (κ2) is 8.97. The molecule has 3 N–H and O–H groups in total. The van der Waals surface area contributed by atoms with Crippen LogP contribution in [-0.2, 0) is 0 Å². The van der Waals surface area contributed by atoms with E-state index in [2.05, 4.69) is 40.9 Å². The highest BCUT2D eigenvalue weighted by atomic mass is 16.2. The number of hydrogen-bond acceptors (Lipinski definition) is 7. The van der Waals surface area contributed by atoms with Crippen molar-refractivity contribution in [2.24, 2.45) is 0 Å². The summed E-state index contributed by atoms with van der Waals surface area (Å²) >= 11 is 0. The highest BCUT2D eigenvalue weighted by Gasteiger charge is 2.28. The van der Waals surface area contributed by atoms with Crippen LogP contribution in [0.1, 0.15) is 60.3 Å². The Morgan fingerprint density at radius 1 is 1.08 bits per heavy atom. The van der Waals surface area contributed by atoms with Gasteiger partial charge in [0.1, 0.15) is 23.5 Å². The molecule has 0 saturated heterocycles. The number of aromatic nitrogens is 8. The Labute approximate surface area is 211 Å². The molecule has 37 heavy (non-hydrogen) atoms. The predicted molar refractivity (Wildman–Crippen MR) is 136 cm³/mol. The molecule has 0 spiro atoms. The lowest BCUT2D eigenvalue weighted by Crippen LogP contribution is -2.21. The number of urea groups is 1. The molecule has 12 nitrogen and oxygen atoms in total. The average molecular weight is 497 g/mol. The summed E-state index contributed by atoms with van der Waals surface area (Å²) in [6.07, 6.45) is 13.4. The Balaban J connectivity index is 1.23. The van der Waals surface area contributed by atoms with Crippen LogP contribution in [0.2, 0.25) is 0 Å². The van der Waals surface area contributed by atoms with Gasteiger partial charge in [-0.15, -0.1) is 0 Å². The van der Waals surface area contributed by atoms with Gasteiger partial charge >= 0.3 is 6.03 Å². The third-order valence-electron chi connectivity index (χ3n) is 6.25. The van der Waals surface area contributed by atoms with Gasteiger partial charge < -0.3 is 9.88 Å². The summed E-state index contributed by atoms with van der Waals surface area (Å²) in [6.45, 7) is 4.04. The second-order valence-electron chi connectivity index (χ2n) is 9.27. The lowest BCUT2D eigenvalue weighted by molar-refractivity contribution is 0.103. The van der Waals surface area contributed by atoms with Crippen LogP contribution in [0, 0.1) is 0 Å². The first-order valence-corrected chi connectivity index (χ1v) is 12.0. The van der Waals surface area contributed by atoms with Crippen LogP contribution in [0.25, 0.3) is 16.7 Å². The van der Waals surface area contributed by atoms with E-state index in [-0.39, 0.29) is 11.8 Å². The topological polar surface area (TPSA) is 148 Å². The summed E-state index contributed by atoms with van der Waals surface area (Å²) in [5.74, 6) is 0.695. The van der Waals surface area contributed by atoms with Crippen molar-refractivity contribution in [3.63, 3.8) is 0 Å². The van der Waals surface area contributed by atoms with Gasteiger partial charge in [-0.05, 0) is 32.8 Å². The third kappa shape index (κ3) is 4.33. The number of hydrogen-bond donors (Lipinski definition) is 3. The van der Waals surface area contributed by atoms with Gasteiger partial charge in [-0.1, -0.05) is 0 Å². The smallest absolute Gasteiger partial charge is 0.324 e. The van der Waals surface area contributed by atoms with Crippen molar-refractivity contribution in [3.8, 4) is 5.69 Å². The summed E-state index contributed by atoms with van der Waals surface area (Å²) in [5, 5.41) is 17.6. The van der Waals surface area contributed by atoms with Gasteiger partial charge in [-0.2, -0.15) is 10.2 Å². The molecule has 1 aliphatic carbocycles. The molecule has 1 fully saturated rings. The van der Waals surface area contributed by atoms with Gasteiger partial charge in [0.25, 0.3) is 0 Å². The molecular formula is C25H24N10O2. The van der Waals surface area contributed by atoms with Crippen molar-refractivity contribution in [2.45, 2.75) is 38.6 Å². The van der Waals surface area contributed by atoms with Gasteiger partial charge in [0.05, 0.1) is 29.3 Å². The zero-order valence-electron chi connectivity index (χ0n) is 20.2. The van der Waals surface area contributed by atoms with E-state index < -0.39 is 6.03 Å². The minimum atomic E-state index is -0.483. The largest absolute Gasteiger partial charge is 0.329 e. The predicted octanol–water partition coefficient (Wildman–Crippen LogP) is 4.07. The molecule has 186 valence electrons. The zero-order chi connectivity index (χ0) is 25.5. The Kier molecular flexibility index (Phi) is 5.48. The molecule has 0 bridgehead atoms. The molecule has 6 rings (SSSR count). The molecule has 0 atom stereocenters. The molecule has 1 aliphatic rings. The molecule has 5 aromatic rings. The summed E-state index contributed by atoms with van der Waals surface area (Å²) in [6, 6.07) is 3.10. The van der Waals surface area contributed by atoms with E-state index in [0.717, 1.165) is 18.5 Å². The second-order valence-corrected chi connectivity index (χ2v) is 9.27. The Hall–Kier alpha value is -4.87. The standard InChI is InChI=1S/C25H24N10O2/c1-14(2)34-12-20(19-11-27-13-28-24(19)34)23(36)16-5-17(8-26-7-16)31-25(37)32-22-6-21(15-3-4-15)33-35(22)18-9-29-30-10-18/h5-15H,3-4H2,1-2H3,(H,29,30)(H2,31,32,37). The van der Waals surface area contributed by atoms with E-state index in [1.54, 1.807) is 35.5 Å². The Morgan fingerprint density at radius 2 is 1.95 bits per heavy atom. The molecule has 0 unspecified atom stereocenters. The third-order valence-corrected chi connectivity index (χ3v) is 6.25. The van der Waals surface area contributed by atoms with Crippen molar-refractivity contribution in [2.75, 3.05) is 10.6 Å². The van der Waals surface area contributed by atoms with E-state index in [9.17, 15) is 9.59 Å². The number of aromatic amines is 1. The van der Waals surface area contributed by atoms with Crippen LogP contribution >= 0.6 is 0 Å². The minimum absolute atomic E-state index is 0.115. The number of carbonyl (C=O) groups is 2. The minimum Gasteiger partial charge on any atom is -0.329 e. The SMILES string of the molecule is CC(C)n1cc(C(=O)c2cncc(NC(=O)Nc3cc(C4CC4)nn3-c3cn[nH]c3)c2)c2cncnc21. The maximum absolute atomic E-state index is 13.4. The van der Waals surface area contributed by atoms with Crippen LogP contribution in [0.5, 0.6) is 0 Å². The van der Waals surface area contributed by atoms with Crippen LogP contribution < -0.4 is 10.6 Å². The fraction of sp³-hybridized carbons (Fsp3) is 0.240. The van der Waals surface area contributed by atoms with Crippen molar-refractivity contribution < 1.29 is 9.59 Å². The monoisotopic (exact) mass is 496 g/mol. The zero-order valence-corrected chi connectivity index (χ0v) is 20.2. The lowest BCUT2D eigenvalue weighted by atomic mass is 10.1. The fourth-order valence-electron chi connectivity index (χ4n) is 4.25. The molecule has 12 heteroatoms. The summed E-state index contributed by atoms with van der Waals surface area (Å²) in [5.41, 5.74) is 3.52. The number of amides is 2. The van der Waals surface area contributed by atoms with Crippen molar-refractivity contribution in [1.29, 1.82) is 0 Å². The fourth-order valence-corrected chi connectivity index (χ4v) is 4.25. The number of pyridine rings is 1. The van der Waals surface area contributed by atoms with E-state index >= 15 is 0 Å². The molecule has 2 amide bonds. The summed E-state index contributed by atoms with van der Waals surface area (Å²) in [7, 11) is 0. The maximum atomic E-state index is 13.4. The normalized spacial score (nSPS) is 13.3. The number of anilines is 2. The van der Waals surface area contributed by atoms with Crippen molar-refractivity contribution in [1.82, 2.24) is 39.5 Å². The van der Waals surface area contributed by atoms with E-state index in [0.29, 0.717) is 45.3 Å². The first-order chi connectivity index (χ1) is 18.0. The molecule has 0 aliphatic heterocycles. The lowest BCUT2D eigenvalue weighted by Gasteiger charge is -2.09. The van der Waals surface area contributed by atoms with E-state index in [1.165, 1.54) is 18.7 Å². The number of nitrogens with zero attached hydrogens (tertiary/aromatic N) is 7. The average Bonchev–Trinajstić information content (AvgIpc) is 3.27. The highest BCUT2D eigenvalue weighted by Crippen LogP contribution is 2.40. The molecule has 0 radical (unpaired) electrons. The number of nitrogens with one attached hydrogen (secondary N) is 3.